The molecule has 0 aliphatic carbocycles. The summed E-state index contributed by atoms with van der Waals surface area (Å²) in [4.78, 5) is 63.5. The molecule has 23 nitrogen and oxygen atoms in total. The Hall–Kier alpha value is -9.98. The van der Waals surface area contributed by atoms with Gasteiger partial charge in [0.25, 0.3) is 0 Å². The molecule has 16 rings (SSSR count). The molecule has 0 spiro atoms. The molecule has 13 aromatic heterocycles. The molecule has 0 amide bonds. The Morgan fingerprint density at radius 3 is 1.34 bits per heavy atom. The molecule has 0 saturated heterocycles. The molecule has 0 radical (unpaired) electrons. The summed E-state index contributed by atoms with van der Waals surface area (Å²) in [5.41, 5.74) is 37.9. The van der Waals surface area contributed by atoms with Crippen molar-refractivity contribution in [2.75, 3.05) is 59.7 Å². The number of nitrogens with two attached hydrogens (primary N) is 4. The Balaban J connectivity index is 0.000000137. The van der Waals surface area contributed by atoms with Gasteiger partial charge in [0.2, 0.25) is 0 Å². The van der Waals surface area contributed by atoms with Crippen LogP contribution in [-0.2, 0) is 70.6 Å². The van der Waals surface area contributed by atoms with Gasteiger partial charge in [0.15, 0.2) is 15.7 Å². The number of sulfone groups is 1. The summed E-state index contributed by atoms with van der Waals surface area (Å²) in [6, 6.07) is 38.9. The van der Waals surface area contributed by atoms with Crippen molar-refractivity contribution in [2.45, 2.75) is 95.9 Å². The number of nitrogens with zero attached hydrogens (tertiary/aromatic N) is 10. The molecule has 16 aromatic rings. The number of imidazole rings is 2. The molecule has 0 fully saturated rings. The number of rotatable bonds is 27. The third-order valence-corrected chi connectivity index (χ3v) is 33.7. The maximum absolute atomic E-state index is 13.1. The first-order chi connectivity index (χ1) is 57.1. The van der Waals surface area contributed by atoms with Gasteiger partial charge in [0.1, 0.15) is 69.1 Å². The zero-order valence-electron chi connectivity index (χ0n) is 65.4. The Labute approximate surface area is 718 Å². The van der Waals surface area contributed by atoms with E-state index in [1.54, 1.807) is 48.3 Å². The highest BCUT2D eigenvalue weighted by molar-refractivity contribution is 7.93. The second-order valence-electron chi connectivity index (χ2n) is 26.9. The number of thiophene rings is 5. The zero-order chi connectivity index (χ0) is 83.3. The van der Waals surface area contributed by atoms with Crippen LogP contribution in [0, 0.1) is 0 Å². The molecular weight excluding hydrogens is 1700 g/mol. The summed E-state index contributed by atoms with van der Waals surface area (Å²) in [6.45, 7) is 7.79. The van der Waals surface area contributed by atoms with Crippen molar-refractivity contribution in [3.63, 3.8) is 0 Å². The van der Waals surface area contributed by atoms with E-state index in [4.69, 9.17) is 52.3 Å². The molecule has 118 heavy (non-hydrogen) atoms. The van der Waals surface area contributed by atoms with Crippen molar-refractivity contribution < 1.29 is 40.1 Å². The highest BCUT2D eigenvalue weighted by atomic mass is 32.2. The molecule has 13 heterocycles. The number of methoxy groups -OCH3 is 1. The second-order valence-corrected chi connectivity index (χ2v) is 41.2. The molecular formula is C84H84N14O9S11. The van der Waals surface area contributed by atoms with Crippen molar-refractivity contribution >= 4 is 197 Å². The lowest BCUT2D eigenvalue weighted by molar-refractivity contribution is -0.141. The van der Waals surface area contributed by atoms with Crippen molar-refractivity contribution in [3.8, 4) is 88.3 Å². The van der Waals surface area contributed by atoms with Crippen LogP contribution >= 0.6 is 79.4 Å². The molecule has 3 unspecified atom stereocenters. The third-order valence-electron chi connectivity index (χ3n) is 18.7. The number of hydrogen-bond acceptors (Lipinski definition) is 28. The van der Waals surface area contributed by atoms with Gasteiger partial charge < -0.3 is 41.5 Å². The van der Waals surface area contributed by atoms with Crippen molar-refractivity contribution in [1.29, 1.82) is 0 Å². The van der Waals surface area contributed by atoms with Crippen molar-refractivity contribution in [2.24, 2.45) is 14.1 Å². The van der Waals surface area contributed by atoms with E-state index in [1.807, 2.05) is 149 Å². The van der Waals surface area contributed by atoms with Crippen LogP contribution < -0.4 is 22.9 Å². The maximum atomic E-state index is 13.1. The number of hydrogen-bond donors (Lipinski definition) is 4. The molecule has 8 N–H and O–H groups in total. The number of anilines is 4. The van der Waals surface area contributed by atoms with Gasteiger partial charge in [-0.2, -0.15) is 0 Å². The summed E-state index contributed by atoms with van der Waals surface area (Å²) in [5, 5.41) is 10.6. The lowest BCUT2D eigenvalue weighted by atomic mass is 10.0. The van der Waals surface area contributed by atoms with E-state index in [-0.39, 0.29) is 28.2 Å². The van der Waals surface area contributed by atoms with Gasteiger partial charge in [0, 0.05) is 113 Å². The Morgan fingerprint density at radius 2 is 0.898 bits per heavy atom. The molecule has 610 valence electrons. The SMILES string of the molecule is CC(=O)OCCCCS(=O)(=O)c1sc2nc(-c3cccs3)cc(-c3ccccc3)c2c1N.CCCCS(=O)c1sc2nc(-c3nccn3C)cc(-c3ccccc3)c2c1N.CCCCS(=O)c1sc2nc(-c3nccs3)cc(-c3ccc(C(=O)OC)cc3)c2c1N.CCCCS(=O)c1sc2nc(-c3nccs3)cc(-c3nccn3C)c2c1N. The molecule has 0 aliphatic heterocycles. The summed E-state index contributed by atoms with van der Waals surface area (Å²) >= 11 is 9.97. The number of nitrogen functional groups attached to an aromatic ring is 4. The number of carbonyl (C=O) groups is 2. The minimum absolute atomic E-state index is 0.0657. The van der Waals surface area contributed by atoms with Crippen LogP contribution in [0.15, 0.2) is 191 Å². The quantitative estimate of drug-likeness (QED) is 0.0274. The average Bonchev–Trinajstić information content (AvgIpc) is 1.61. The Kier molecular flexibility index (Phi) is 28.6. The topological polar surface area (TPSA) is 355 Å². The minimum Gasteiger partial charge on any atom is -0.466 e. The van der Waals surface area contributed by atoms with Crippen LogP contribution in [0.4, 0.5) is 22.7 Å². The standard InChI is InChI=1S/C23H22N2O4S3.C22H21N3O3S3.C21H22N4OS2.C18H19N5OS3/c1-15(26)29-11-5-6-13-32(27,28)23-21(24)20-17(16-8-3-2-4-9-16)14-18(25-22(20)31-23)19-10-7-12-30-19;1-3-4-11-31(27)22-18(23)17-15(13-5-7-14(8-6-13)21(26)28-2)12-16(25-20(17)30-22)19-24-9-10-29-19;1-3-4-12-28(26)21-18(22)17-15(14-8-6-5-7-9-14)13-16(24-20(17)27-21)19-23-10-11-25(19)2;1-3-4-9-27(24)18-14(19)13-11(15-20-5-7-23(15)2)10-12(22-17(13)26-18)16-21-6-8-25-16/h2-4,7-10,12,14H,5-6,11,13,24H2,1H3;5-10,12H,3-4,11,23H2,1-2H3;5-11,13H,3-4,12,22H2,1-2H3;5-8,10H,3-4,9,19H2,1-2H3. The van der Waals surface area contributed by atoms with Gasteiger partial charge in [-0.25, -0.2) is 53.1 Å². The summed E-state index contributed by atoms with van der Waals surface area (Å²) in [5.74, 6) is 2.58. The van der Waals surface area contributed by atoms with Gasteiger partial charge >= 0.3 is 11.9 Å². The van der Waals surface area contributed by atoms with E-state index in [9.17, 15) is 30.6 Å². The fraction of sp³-hybridized carbons (Fsp3) is 0.238. The molecule has 3 aromatic carbocycles. The van der Waals surface area contributed by atoms with E-state index in [1.165, 1.54) is 70.7 Å². The molecule has 0 aliphatic rings. The van der Waals surface area contributed by atoms with Crippen LogP contribution in [0.3, 0.4) is 0 Å². The van der Waals surface area contributed by atoms with E-state index >= 15 is 0 Å². The predicted molar refractivity (Wildman–Crippen MR) is 490 cm³/mol. The number of aryl methyl sites for hydroxylation is 2. The molecule has 0 saturated carbocycles. The Morgan fingerprint density at radius 1 is 0.466 bits per heavy atom. The number of aromatic nitrogens is 10. The summed E-state index contributed by atoms with van der Waals surface area (Å²) in [6.07, 6.45) is 17.3. The van der Waals surface area contributed by atoms with E-state index in [0.717, 1.165) is 173 Å². The smallest absolute Gasteiger partial charge is 0.337 e. The average molecular weight is 1790 g/mol. The van der Waals surface area contributed by atoms with E-state index < -0.39 is 48.2 Å². The minimum atomic E-state index is -3.60. The summed E-state index contributed by atoms with van der Waals surface area (Å²) < 4.78 is 80.4. The van der Waals surface area contributed by atoms with Gasteiger partial charge in [0.05, 0.1) is 90.8 Å². The lowest BCUT2D eigenvalue weighted by Gasteiger charge is -2.08. The Bertz CT molecular complexity index is 6400. The van der Waals surface area contributed by atoms with Crippen LogP contribution in [0.25, 0.3) is 129 Å². The number of benzene rings is 3. The maximum Gasteiger partial charge on any atom is 0.337 e. The second kappa shape index (κ2) is 39.3. The fourth-order valence-corrected chi connectivity index (χ4v) is 26.1. The van der Waals surface area contributed by atoms with Crippen LogP contribution in [0.5, 0.6) is 0 Å². The van der Waals surface area contributed by atoms with E-state index in [0.29, 0.717) is 71.4 Å². The first-order valence-electron chi connectivity index (χ1n) is 37.6. The number of carbonyl (C=O) groups excluding carboxylic acids is 2. The van der Waals surface area contributed by atoms with Crippen LogP contribution in [-0.4, -0.2) is 119 Å². The summed E-state index contributed by atoms with van der Waals surface area (Å²) in [7, 11) is -1.75. The van der Waals surface area contributed by atoms with Crippen LogP contribution in [0.1, 0.15) is 89.4 Å². The number of esters is 2. The highest BCUT2D eigenvalue weighted by Crippen LogP contribution is 2.48. The zero-order valence-corrected chi connectivity index (χ0v) is 74.4. The lowest BCUT2D eigenvalue weighted by Crippen LogP contribution is -2.09. The van der Waals surface area contributed by atoms with Crippen molar-refractivity contribution in [1.82, 2.24) is 49.0 Å². The number of pyridine rings is 4. The van der Waals surface area contributed by atoms with Gasteiger partial charge in [-0.1, -0.05) is 119 Å². The fourth-order valence-electron chi connectivity index (χ4n) is 12.8. The van der Waals surface area contributed by atoms with Crippen molar-refractivity contribution in [3.05, 3.63) is 180 Å². The number of fused-ring (bicyclic) bond motifs is 4. The van der Waals surface area contributed by atoms with Gasteiger partial charge in [-0.15, -0.1) is 79.4 Å². The molecule has 34 heteroatoms. The predicted octanol–water partition coefficient (Wildman–Crippen LogP) is 19.9. The molecule has 0 bridgehead atoms. The normalized spacial score (nSPS) is 12.2. The molecule has 3 atom stereocenters. The highest BCUT2D eigenvalue weighted by Gasteiger charge is 2.29. The first-order valence-corrected chi connectivity index (χ1v) is 49.1. The van der Waals surface area contributed by atoms with E-state index in [2.05, 4.69) is 52.8 Å². The largest absolute Gasteiger partial charge is 0.466 e. The van der Waals surface area contributed by atoms with Gasteiger partial charge in [-0.3, -0.25) is 17.4 Å². The first kappa shape index (κ1) is 85.9. The third kappa shape index (κ3) is 19.3. The van der Waals surface area contributed by atoms with Gasteiger partial charge in [-0.05, 0) is 113 Å². The number of unbranched alkanes of at least 4 members (excludes halogenated alkanes) is 4. The number of thiazole rings is 2. The monoisotopic (exact) mass is 1780 g/mol. The van der Waals surface area contributed by atoms with Crippen LogP contribution in [0.2, 0.25) is 0 Å². The number of ether oxygens (including phenoxy) is 2.